The molecule has 1 N–H and O–H groups in total. The second-order valence-electron chi connectivity index (χ2n) is 8.10. The molecule has 1 saturated heterocycles. The molecule has 0 radical (unpaired) electrons. The van der Waals surface area contributed by atoms with Gasteiger partial charge in [0.15, 0.2) is 0 Å². The molecule has 29 heavy (non-hydrogen) atoms. The first-order valence-corrected chi connectivity index (χ1v) is 12.2. The van der Waals surface area contributed by atoms with Gasteiger partial charge in [-0.05, 0) is 32.1 Å². The quantitative estimate of drug-likeness (QED) is 0.772. The smallest absolute Gasteiger partial charge is 0.241 e. The maximum atomic E-state index is 11.7. The maximum Gasteiger partial charge on any atom is 0.241 e. The van der Waals surface area contributed by atoms with E-state index in [4.69, 9.17) is 11.6 Å². The fraction of sp³-hybridized carbons (Fsp3) is 0.632. The number of hydrogen-bond donors (Lipinski definition) is 1. The minimum atomic E-state index is -3.15. The van der Waals surface area contributed by atoms with E-state index in [-0.39, 0.29) is 11.5 Å². The van der Waals surface area contributed by atoms with E-state index in [1.54, 1.807) is 10.7 Å². The molecular formula is C19H25ClN6O2S. The fourth-order valence-electron chi connectivity index (χ4n) is 4.54. The minimum absolute atomic E-state index is 0.0619. The molecule has 3 heterocycles. The van der Waals surface area contributed by atoms with Crippen LogP contribution in [0.2, 0.25) is 5.02 Å². The van der Waals surface area contributed by atoms with E-state index in [1.165, 1.54) is 10.6 Å². The number of rotatable bonds is 5. The summed E-state index contributed by atoms with van der Waals surface area (Å²) in [6, 6.07) is 2.37. The molecule has 2 aromatic heterocycles. The first-order chi connectivity index (χ1) is 13.8. The van der Waals surface area contributed by atoms with Gasteiger partial charge in [0, 0.05) is 24.5 Å². The lowest BCUT2D eigenvalue weighted by molar-refractivity contribution is 0.224. The monoisotopic (exact) mass is 436 g/mol. The van der Waals surface area contributed by atoms with Crippen molar-refractivity contribution in [2.45, 2.75) is 56.9 Å². The SMILES string of the molecule is CCC1(c2c(C#N)c(Cl)c3cnc(NC4CCN(S(C)(=O)=O)CC4)nn23)CCC1. The van der Waals surface area contributed by atoms with Crippen molar-refractivity contribution in [3.63, 3.8) is 0 Å². The Morgan fingerprint density at radius 2 is 2.07 bits per heavy atom. The molecular weight excluding hydrogens is 412 g/mol. The highest BCUT2D eigenvalue weighted by atomic mass is 35.5. The van der Waals surface area contributed by atoms with E-state index in [9.17, 15) is 13.7 Å². The third-order valence-electron chi connectivity index (χ3n) is 6.48. The van der Waals surface area contributed by atoms with Gasteiger partial charge in [-0.2, -0.15) is 5.26 Å². The molecule has 10 heteroatoms. The highest BCUT2D eigenvalue weighted by Gasteiger charge is 2.42. The van der Waals surface area contributed by atoms with Crippen molar-refractivity contribution in [3.8, 4) is 6.07 Å². The Labute approximate surface area is 175 Å². The summed E-state index contributed by atoms with van der Waals surface area (Å²) >= 11 is 6.50. The maximum absolute atomic E-state index is 11.7. The van der Waals surface area contributed by atoms with Gasteiger partial charge >= 0.3 is 0 Å². The van der Waals surface area contributed by atoms with Gasteiger partial charge in [-0.15, -0.1) is 5.10 Å². The van der Waals surface area contributed by atoms with E-state index in [1.807, 2.05) is 0 Å². The van der Waals surface area contributed by atoms with Crippen molar-refractivity contribution < 1.29 is 8.42 Å². The Hall–Kier alpha value is -1.89. The Kier molecular flexibility index (Phi) is 5.21. The number of aromatic nitrogens is 3. The van der Waals surface area contributed by atoms with Gasteiger partial charge in [0.1, 0.15) is 11.6 Å². The lowest BCUT2D eigenvalue weighted by Gasteiger charge is -2.41. The van der Waals surface area contributed by atoms with Crippen molar-refractivity contribution in [1.82, 2.24) is 18.9 Å². The van der Waals surface area contributed by atoms with E-state index in [0.29, 0.717) is 48.0 Å². The molecule has 2 aromatic rings. The first kappa shape index (κ1) is 20.4. The van der Waals surface area contributed by atoms with Gasteiger partial charge in [0.05, 0.1) is 28.7 Å². The number of piperidine rings is 1. The van der Waals surface area contributed by atoms with Crippen molar-refractivity contribution in [1.29, 1.82) is 5.26 Å². The third-order valence-corrected chi connectivity index (χ3v) is 8.17. The van der Waals surface area contributed by atoms with Crippen LogP contribution >= 0.6 is 11.6 Å². The second-order valence-corrected chi connectivity index (χ2v) is 10.5. The van der Waals surface area contributed by atoms with Crippen LogP contribution in [-0.2, 0) is 15.4 Å². The Morgan fingerprint density at radius 3 is 2.59 bits per heavy atom. The van der Waals surface area contributed by atoms with E-state index < -0.39 is 10.0 Å². The van der Waals surface area contributed by atoms with Crippen molar-refractivity contribution in [2.24, 2.45) is 0 Å². The van der Waals surface area contributed by atoms with Crippen LogP contribution in [-0.4, -0.2) is 52.7 Å². The number of halogens is 1. The van der Waals surface area contributed by atoms with Crippen LogP contribution in [0.25, 0.3) is 5.52 Å². The van der Waals surface area contributed by atoms with Gasteiger partial charge in [0.25, 0.3) is 0 Å². The molecule has 1 aliphatic heterocycles. The zero-order chi connectivity index (χ0) is 20.8. The first-order valence-electron chi connectivity index (χ1n) is 9.98. The molecule has 0 bridgehead atoms. The average Bonchev–Trinajstić information content (AvgIpc) is 2.93. The zero-order valence-corrected chi connectivity index (χ0v) is 18.2. The van der Waals surface area contributed by atoms with Crippen LogP contribution in [0.5, 0.6) is 0 Å². The molecule has 1 aliphatic carbocycles. The van der Waals surface area contributed by atoms with Gasteiger partial charge in [-0.25, -0.2) is 22.2 Å². The van der Waals surface area contributed by atoms with Crippen LogP contribution < -0.4 is 5.32 Å². The van der Waals surface area contributed by atoms with Crippen LogP contribution in [0.4, 0.5) is 5.95 Å². The lowest BCUT2D eigenvalue weighted by Crippen LogP contribution is -2.42. The third kappa shape index (κ3) is 3.47. The van der Waals surface area contributed by atoms with Crippen molar-refractivity contribution in [2.75, 3.05) is 24.7 Å². The molecule has 0 atom stereocenters. The lowest BCUT2D eigenvalue weighted by atomic mass is 9.64. The van der Waals surface area contributed by atoms with Crippen LogP contribution in [0.3, 0.4) is 0 Å². The van der Waals surface area contributed by atoms with Gasteiger partial charge in [-0.1, -0.05) is 24.9 Å². The van der Waals surface area contributed by atoms with E-state index in [2.05, 4.69) is 28.4 Å². The standard InChI is InChI=1S/C19H25ClN6O2S/c1-3-19(7-4-8-19)17-14(11-21)16(20)15-12-22-18(24-26(15)17)23-13-5-9-25(10-6-13)29(2,27)28/h12-13H,3-10H2,1-2H3,(H,23,24). The Balaban J connectivity index is 1.64. The summed E-state index contributed by atoms with van der Waals surface area (Å²) in [6.45, 7) is 3.11. The topological polar surface area (TPSA) is 103 Å². The number of sulfonamides is 1. The molecule has 0 spiro atoms. The number of nitriles is 1. The summed E-state index contributed by atoms with van der Waals surface area (Å²) in [4.78, 5) is 4.40. The van der Waals surface area contributed by atoms with E-state index >= 15 is 0 Å². The predicted octanol–water partition coefficient (Wildman–Crippen LogP) is 2.92. The zero-order valence-electron chi connectivity index (χ0n) is 16.7. The number of nitrogens with one attached hydrogen (secondary N) is 1. The summed E-state index contributed by atoms with van der Waals surface area (Å²) in [6.07, 6.45) is 8.40. The average molecular weight is 437 g/mol. The molecule has 0 unspecified atom stereocenters. The molecule has 0 aromatic carbocycles. The molecule has 0 amide bonds. The molecule has 2 fully saturated rings. The minimum Gasteiger partial charge on any atom is -0.350 e. The highest BCUT2D eigenvalue weighted by Crippen LogP contribution is 2.49. The largest absolute Gasteiger partial charge is 0.350 e. The van der Waals surface area contributed by atoms with Gasteiger partial charge < -0.3 is 5.32 Å². The highest BCUT2D eigenvalue weighted by molar-refractivity contribution is 7.88. The van der Waals surface area contributed by atoms with Crippen LogP contribution in [0, 0.1) is 11.3 Å². The predicted molar refractivity (Wildman–Crippen MR) is 112 cm³/mol. The molecule has 4 rings (SSSR count). The molecule has 2 aliphatic rings. The Bertz CT molecular complexity index is 1070. The normalized spacial score (nSPS) is 20.3. The van der Waals surface area contributed by atoms with Crippen LogP contribution in [0.1, 0.15) is 56.7 Å². The van der Waals surface area contributed by atoms with Gasteiger partial charge in [-0.3, -0.25) is 0 Å². The number of fused-ring (bicyclic) bond motifs is 1. The van der Waals surface area contributed by atoms with Crippen LogP contribution in [0.15, 0.2) is 6.20 Å². The van der Waals surface area contributed by atoms with Gasteiger partial charge in [0.2, 0.25) is 16.0 Å². The molecule has 8 nitrogen and oxygen atoms in total. The molecule has 156 valence electrons. The molecule has 1 saturated carbocycles. The number of hydrogen-bond acceptors (Lipinski definition) is 6. The fourth-order valence-corrected chi connectivity index (χ4v) is 5.68. The summed E-state index contributed by atoms with van der Waals surface area (Å²) < 4.78 is 26.7. The summed E-state index contributed by atoms with van der Waals surface area (Å²) in [5.41, 5.74) is 1.98. The van der Waals surface area contributed by atoms with Crippen molar-refractivity contribution >= 4 is 33.1 Å². The van der Waals surface area contributed by atoms with E-state index in [0.717, 1.165) is 31.4 Å². The second kappa shape index (κ2) is 7.42. The number of anilines is 1. The summed E-state index contributed by atoms with van der Waals surface area (Å²) in [7, 11) is -3.15. The summed E-state index contributed by atoms with van der Waals surface area (Å²) in [5.74, 6) is 0.471. The number of nitrogens with zero attached hydrogens (tertiary/aromatic N) is 5. The Morgan fingerprint density at radius 1 is 1.38 bits per heavy atom. The summed E-state index contributed by atoms with van der Waals surface area (Å²) in [5, 5.41) is 18.2. The van der Waals surface area contributed by atoms with Crippen molar-refractivity contribution in [3.05, 3.63) is 22.5 Å².